The van der Waals surface area contributed by atoms with Crippen molar-refractivity contribution in [1.82, 2.24) is 35.3 Å². The van der Waals surface area contributed by atoms with E-state index in [-0.39, 0.29) is 11.6 Å². The molecule has 3 N–H and O–H groups in total. The zero-order valence-corrected chi connectivity index (χ0v) is 14.5. The van der Waals surface area contributed by atoms with E-state index in [9.17, 15) is 4.79 Å². The van der Waals surface area contributed by atoms with Gasteiger partial charge in [0.1, 0.15) is 23.3 Å². The molecule has 0 unspecified atom stereocenters. The van der Waals surface area contributed by atoms with Gasteiger partial charge in [-0.25, -0.2) is 15.0 Å². The summed E-state index contributed by atoms with van der Waals surface area (Å²) < 4.78 is 1.48. The molecule has 1 amide bonds. The third-order valence-corrected chi connectivity index (χ3v) is 3.31. The van der Waals surface area contributed by atoms with Crippen LogP contribution in [0.25, 0.3) is 0 Å². The summed E-state index contributed by atoms with van der Waals surface area (Å²) in [6.07, 6.45) is 3.27. The standard InChI is InChI=1S/C16H19N9O/c1-11-20-14(9-15(21-11)22-13-5-3-4-6-17-13)18-7-8-19-16(26)12-10-25(2)24-23-12/h3-6,9-10H,7-8H2,1-2H3,(H,19,26)(H2,17,18,20,21,22). The molecule has 0 saturated carbocycles. The van der Waals surface area contributed by atoms with Gasteiger partial charge in [-0.3, -0.25) is 9.48 Å². The van der Waals surface area contributed by atoms with Crippen LogP contribution in [0.1, 0.15) is 16.3 Å². The highest BCUT2D eigenvalue weighted by Crippen LogP contribution is 2.15. The Kier molecular flexibility index (Phi) is 5.32. The summed E-state index contributed by atoms with van der Waals surface area (Å²) in [6.45, 7) is 2.73. The van der Waals surface area contributed by atoms with Gasteiger partial charge in [-0.2, -0.15) is 0 Å². The van der Waals surface area contributed by atoms with Gasteiger partial charge < -0.3 is 16.0 Å². The molecule has 26 heavy (non-hydrogen) atoms. The van der Waals surface area contributed by atoms with Crippen LogP contribution in [0.15, 0.2) is 36.7 Å². The zero-order chi connectivity index (χ0) is 18.4. The molecule has 0 spiro atoms. The predicted molar refractivity (Wildman–Crippen MR) is 96.1 cm³/mol. The van der Waals surface area contributed by atoms with E-state index in [4.69, 9.17) is 0 Å². The molecule has 3 aromatic rings. The Morgan fingerprint density at radius 3 is 2.73 bits per heavy atom. The maximum absolute atomic E-state index is 11.9. The first-order valence-corrected chi connectivity index (χ1v) is 8.02. The summed E-state index contributed by atoms with van der Waals surface area (Å²) >= 11 is 0. The Labute approximate surface area is 150 Å². The third-order valence-electron chi connectivity index (χ3n) is 3.31. The highest BCUT2D eigenvalue weighted by atomic mass is 16.2. The van der Waals surface area contributed by atoms with Gasteiger partial charge >= 0.3 is 0 Å². The topological polar surface area (TPSA) is 123 Å². The van der Waals surface area contributed by atoms with Gasteiger partial charge in [-0.15, -0.1) is 5.10 Å². The van der Waals surface area contributed by atoms with Crippen molar-refractivity contribution in [3.8, 4) is 0 Å². The largest absolute Gasteiger partial charge is 0.368 e. The minimum Gasteiger partial charge on any atom is -0.368 e. The van der Waals surface area contributed by atoms with Crippen molar-refractivity contribution in [1.29, 1.82) is 0 Å². The van der Waals surface area contributed by atoms with Gasteiger partial charge in [0.15, 0.2) is 5.69 Å². The summed E-state index contributed by atoms with van der Waals surface area (Å²) in [5, 5.41) is 16.5. The van der Waals surface area contributed by atoms with E-state index < -0.39 is 0 Å². The number of pyridine rings is 1. The number of nitrogens with zero attached hydrogens (tertiary/aromatic N) is 6. The van der Waals surface area contributed by atoms with Gasteiger partial charge in [-0.1, -0.05) is 11.3 Å². The number of rotatable bonds is 7. The molecule has 3 heterocycles. The second-order valence-electron chi connectivity index (χ2n) is 5.49. The smallest absolute Gasteiger partial charge is 0.273 e. The number of anilines is 3. The van der Waals surface area contributed by atoms with E-state index in [2.05, 4.69) is 41.2 Å². The summed E-state index contributed by atoms with van der Waals surface area (Å²) in [7, 11) is 1.71. The van der Waals surface area contributed by atoms with E-state index in [0.717, 1.165) is 0 Å². The molecule has 0 aliphatic rings. The normalized spacial score (nSPS) is 10.4. The Morgan fingerprint density at radius 1 is 1.15 bits per heavy atom. The summed E-state index contributed by atoms with van der Waals surface area (Å²) in [6, 6.07) is 7.37. The molecule has 10 nitrogen and oxygen atoms in total. The maximum atomic E-state index is 11.9. The molecule has 0 fully saturated rings. The maximum Gasteiger partial charge on any atom is 0.273 e. The van der Waals surface area contributed by atoms with Crippen LogP contribution in [0, 0.1) is 6.92 Å². The molecular formula is C16H19N9O. The molecule has 3 aromatic heterocycles. The van der Waals surface area contributed by atoms with Gasteiger partial charge in [0, 0.05) is 32.4 Å². The lowest BCUT2D eigenvalue weighted by atomic mass is 10.4. The summed E-state index contributed by atoms with van der Waals surface area (Å²) in [4.78, 5) is 24.8. The monoisotopic (exact) mass is 353 g/mol. The lowest BCUT2D eigenvalue weighted by Gasteiger charge is -2.10. The Balaban J connectivity index is 1.52. The van der Waals surface area contributed by atoms with Crippen LogP contribution in [-0.4, -0.2) is 48.9 Å². The van der Waals surface area contributed by atoms with Crippen LogP contribution in [0.4, 0.5) is 17.5 Å². The molecule has 3 rings (SSSR count). The molecule has 0 saturated heterocycles. The molecule has 0 aliphatic heterocycles. The highest BCUT2D eigenvalue weighted by molar-refractivity contribution is 5.91. The third kappa shape index (κ3) is 4.72. The Morgan fingerprint density at radius 2 is 2.00 bits per heavy atom. The van der Waals surface area contributed by atoms with Gasteiger partial charge in [0.2, 0.25) is 0 Å². The molecule has 0 aromatic carbocycles. The zero-order valence-electron chi connectivity index (χ0n) is 14.5. The van der Waals surface area contributed by atoms with Crippen molar-refractivity contribution < 1.29 is 4.79 Å². The SMILES string of the molecule is Cc1nc(NCCNC(=O)c2cn(C)nn2)cc(Nc2ccccn2)n1. The lowest BCUT2D eigenvalue weighted by Crippen LogP contribution is -2.29. The van der Waals surface area contributed by atoms with Crippen molar-refractivity contribution in [2.24, 2.45) is 7.05 Å². The number of hydrogen-bond acceptors (Lipinski definition) is 8. The number of carbonyl (C=O) groups excluding carboxylic acids is 1. The highest BCUT2D eigenvalue weighted by Gasteiger charge is 2.09. The molecular weight excluding hydrogens is 334 g/mol. The first-order chi connectivity index (χ1) is 12.6. The number of aromatic nitrogens is 6. The number of hydrogen-bond donors (Lipinski definition) is 3. The van der Waals surface area contributed by atoms with E-state index >= 15 is 0 Å². The fourth-order valence-electron chi connectivity index (χ4n) is 2.20. The molecule has 0 atom stereocenters. The molecule has 0 radical (unpaired) electrons. The average Bonchev–Trinajstić information content (AvgIpc) is 3.05. The molecule has 0 bridgehead atoms. The van der Waals surface area contributed by atoms with Gasteiger partial charge in [0.25, 0.3) is 5.91 Å². The van der Waals surface area contributed by atoms with Crippen molar-refractivity contribution in [2.75, 3.05) is 23.7 Å². The van der Waals surface area contributed by atoms with Crippen LogP contribution in [-0.2, 0) is 7.05 Å². The average molecular weight is 353 g/mol. The first kappa shape index (κ1) is 17.3. The van der Waals surface area contributed by atoms with Crippen molar-refractivity contribution in [3.63, 3.8) is 0 Å². The van der Waals surface area contributed by atoms with Crippen LogP contribution in [0.3, 0.4) is 0 Å². The van der Waals surface area contributed by atoms with E-state index in [0.29, 0.717) is 36.4 Å². The number of carbonyl (C=O) groups is 1. The first-order valence-electron chi connectivity index (χ1n) is 8.02. The minimum absolute atomic E-state index is 0.267. The molecule has 0 aliphatic carbocycles. The van der Waals surface area contributed by atoms with E-state index in [1.807, 2.05) is 25.1 Å². The molecule has 10 heteroatoms. The fourth-order valence-corrected chi connectivity index (χ4v) is 2.20. The van der Waals surface area contributed by atoms with Crippen LogP contribution in [0.5, 0.6) is 0 Å². The lowest BCUT2D eigenvalue weighted by molar-refractivity contribution is 0.0950. The van der Waals surface area contributed by atoms with E-state index in [1.54, 1.807) is 25.5 Å². The summed E-state index contributed by atoms with van der Waals surface area (Å²) in [5.41, 5.74) is 0.284. The number of nitrogens with one attached hydrogen (secondary N) is 3. The van der Waals surface area contributed by atoms with Crippen LogP contribution >= 0.6 is 0 Å². The second-order valence-corrected chi connectivity index (χ2v) is 5.49. The van der Waals surface area contributed by atoms with Crippen LogP contribution in [0.2, 0.25) is 0 Å². The Hall–Kier alpha value is -3.56. The molecule has 134 valence electrons. The van der Waals surface area contributed by atoms with Crippen LogP contribution < -0.4 is 16.0 Å². The second kappa shape index (κ2) is 8.01. The van der Waals surface area contributed by atoms with Gasteiger partial charge in [0.05, 0.1) is 6.20 Å². The van der Waals surface area contributed by atoms with E-state index in [1.165, 1.54) is 4.68 Å². The van der Waals surface area contributed by atoms with Crippen molar-refractivity contribution in [3.05, 3.63) is 48.2 Å². The summed E-state index contributed by atoms with van der Waals surface area (Å²) in [5.74, 6) is 2.35. The number of amides is 1. The van der Waals surface area contributed by atoms with Crippen molar-refractivity contribution >= 4 is 23.4 Å². The fraction of sp³-hybridized carbons (Fsp3) is 0.250. The number of aryl methyl sites for hydroxylation is 2. The Bertz CT molecular complexity index is 878. The quantitative estimate of drug-likeness (QED) is 0.535. The minimum atomic E-state index is -0.267. The van der Waals surface area contributed by atoms with Gasteiger partial charge in [-0.05, 0) is 19.1 Å². The van der Waals surface area contributed by atoms with Crippen molar-refractivity contribution in [2.45, 2.75) is 6.92 Å². The predicted octanol–water partition coefficient (Wildman–Crippen LogP) is 0.894.